The van der Waals surface area contributed by atoms with Crippen LogP contribution in [0.4, 0.5) is 5.69 Å². The number of aromatic nitrogens is 1. The molecule has 21 heavy (non-hydrogen) atoms. The molecule has 0 aliphatic carbocycles. The lowest BCUT2D eigenvalue weighted by molar-refractivity contribution is 0.0779. The molecule has 1 aromatic heterocycles. The highest BCUT2D eigenvalue weighted by molar-refractivity contribution is 5.92. The Kier molecular flexibility index (Phi) is 5.10. The van der Waals surface area contributed by atoms with Crippen molar-refractivity contribution in [1.82, 2.24) is 9.88 Å². The van der Waals surface area contributed by atoms with E-state index in [1.807, 2.05) is 36.4 Å². The van der Waals surface area contributed by atoms with Crippen LogP contribution in [0.15, 0.2) is 61.3 Å². The predicted octanol–water partition coefficient (Wildman–Crippen LogP) is 2.95. The summed E-state index contributed by atoms with van der Waals surface area (Å²) >= 11 is 0. The van der Waals surface area contributed by atoms with E-state index in [9.17, 15) is 4.79 Å². The number of carbonyl (C=O) groups excluding carboxylic acids is 1. The summed E-state index contributed by atoms with van der Waals surface area (Å²) in [5, 5.41) is 3.15. The Morgan fingerprint density at radius 2 is 2.10 bits per heavy atom. The van der Waals surface area contributed by atoms with E-state index < -0.39 is 0 Å². The van der Waals surface area contributed by atoms with Gasteiger partial charge in [0, 0.05) is 32.0 Å². The molecule has 0 saturated heterocycles. The van der Waals surface area contributed by atoms with Gasteiger partial charge in [-0.15, -0.1) is 6.58 Å². The second kappa shape index (κ2) is 7.24. The average molecular weight is 281 g/mol. The smallest absolute Gasteiger partial charge is 0.272 e. The monoisotopic (exact) mass is 281 g/mol. The Balaban J connectivity index is 2.06. The fourth-order valence-corrected chi connectivity index (χ4v) is 1.97. The van der Waals surface area contributed by atoms with Crippen molar-refractivity contribution in [3.05, 3.63) is 72.6 Å². The quantitative estimate of drug-likeness (QED) is 0.828. The van der Waals surface area contributed by atoms with Crippen molar-refractivity contribution in [1.29, 1.82) is 0 Å². The summed E-state index contributed by atoms with van der Waals surface area (Å²) < 4.78 is 0. The minimum Gasteiger partial charge on any atom is -0.381 e. The van der Waals surface area contributed by atoms with Crippen LogP contribution in [0.3, 0.4) is 0 Å². The molecule has 4 heteroatoms. The Hall–Kier alpha value is -2.62. The molecule has 4 nitrogen and oxygen atoms in total. The van der Waals surface area contributed by atoms with Crippen molar-refractivity contribution in [2.45, 2.75) is 6.54 Å². The third kappa shape index (κ3) is 4.18. The number of nitrogens with zero attached hydrogens (tertiary/aromatic N) is 2. The first-order chi connectivity index (χ1) is 10.2. The van der Waals surface area contributed by atoms with Crippen LogP contribution in [0.1, 0.15) is 16.1 Å². The Labute approximate surface area is 125 Å². The number of benzene rings is 1. The molecule has 0 aliphatic heterocycles. The number of amides is 1. The molecule has 1 amide bonds. The molecular weight excluding hydrogens is 262 g/mol. The third-order valence-corrected chi connectivity index (χ3v) is 3.04. The molecule has 0 fully saturated rings. The first-order valence-corrected chi connectivity index (χ1v) is 6.81. The van der Waals surface area contributed by atoms with Gasteiger partial charge in [-0.05, 0) is 17.7 Å². The molecule has 2 aromatic rings. The summed E-state index contributed by atoms with van der Waals surface area (Å²) in [6.07, 6.45) is 3.40. The SMILES string of the molecule is C=CCNc1ccnc(C(=O)N(C)Cc2ccccc2)c1. The van der Waals surface area contributed by atoms with E-state index in [-0.39, 0.29) is 5.91 Å². The standard InChI is InChI=1S/C17H19N3O/c1-3-10-18-15-9-11-19-16(12-15)17(21)20(2)13-14-7-5-4-6-8-14/h3-9,11-12H,1,10,13H2,2H3,(H,18,19). The lowest BCUT2D eigenvalue weighted by Gasteiger charge is -2.17. The molecule has 0 atom stereocenters. The fourth-order valence-electron chi connectivity index (χ4n) is 1.97. The van der Waals surface area contributed by atoms with Crippen molar-refractivity contribution in [3.63, 3.8) is 0 Å². The van der Waals surface area contributed by atoms with Crippen LogP contribution < -0.4 is 5.32 Å². The largest absolute Gasteiger partial charge is 0.381 e. The van der Waals surface area contributed by atoms with Crippen LogP contribution in [-0.2, 0) is 6.54 Å². The van der Waals surface area contributed by atoms with Crippen LogP contribution in [0, 0.1) is 0 Å². The number of nitrogens with one attached hydrogen (secondary N) is 1. The highest BCUT2D eigenvalue weighted by Gasteiger charge is 2.13. The van der Waals surface area contributed by atoms with Crippen LogP contribution >= 0.6 is 0 Å². The van der Waals surface area contributed by atoms with E-state index >= 15 is 0 Å². The number of anilines is 1. The van der Waals surface area contributed by atoms with Gasteiger partial charge in [0.15, 0.2) is 0 Å². The maximum Gasteiger partial charge on any atom is 0.272 e. The molecule has 1 N–H and O–H groups in total. The molecular formula is C17H19N3O. The lowest BCUT2D eigenvalue weighted by atomic mass is 10.2. The van der Waals surface area contributed by atoms with E-state index in [2.05, 4.69) is 16.9 Å². The molecule has 0 bridgehead atoms. The van der Waals surface area contributed by atoms with E-state index in [4.69, 9.17) is 0 Å². The Morgan fingerprint density at radius 1 is 1.33 bits per heavy atom. The zero-order valence-corrected chi connectivity index (χ0v) is 12.1. The van der Waals surface area contributed by atoms with Crippen molar-refractivity contribution in [2.24, 2.45) is 0 Å². The minimum atomic E-state index is -0.0962. The number of pyridine rings is 1. The summed E-state index contributed by atoms with van der Waals surface area (Å²) in [5.74, 6) is -0.0962. The summed E-state index contributed by atoms with van der Waals surface area (Å²) in [6.45, 7) is 4.87. The summed E-state index contributed by atoms with van der Waals surface area (Å²) in [5.41, 5.74) is 2.39. The summed E-state index contributed by atoms with van der Waals surface area (Å²) in [6, 6.07) is 13.5. The number of rotatable bonds is 6. The van der Waals surface area contributed by atoms with Gasteiger partial charge < -0.3 is 10.2 Å². The van der Waals surface area contributed by atoms with Gasteiger partial charge in [-0.2, -0.15) is 0 Å². The topological polar surface area (TPSA) is 45.2 Å². The second-order valence-electron chi connectivity index (χ2n) is 4.75. The third-order valence-electron chi connectivity index (χ3n) is 3.04. The normalized spacial score (nSPS) is 9.95. The lowest BCUT2D eigenvalue weighted by Crippen LogP contribution is -2.27. The summed E-state index contributed by atoms with van der Waals surface area (Å²) in [4.78, 5) is 18.2. The zero-order chi connectivity index (χ0) is 15.1. The van der Waals surface area contributed by atoms with Crippen molar-refractivity contribution in [2.75, 3.05) is 18.9 Å². The fraction of sp³-hybridized carbons (Fsp3) is 0.176. The molecule has 0 radical (unpaired) electrons. The zero-order valence-electron chi connectivity index (χ0n) is 12.1. The van der Waals surface area contributed by atoms with Crippen LogP contribution in [0.2, 0.25) is 0 Å². The van der Waals surface area contributed by atoms with Gasteiger partial charge in [0.2, 0.25) is 0 Å². The first-order valence-electron chi connectivity index (χ1n) is 6.81. The molecule has 0 spiro atoms. The molecule has 2 rings (SSSR count). The predicted molar refractivity (Wildman–Crippen MR) is 85.2 cm³/mol. The van der Waals surface area contributed by atoms with Gasteiger partial charge in [0.25, 0.3) is 5.91 Å². The van der Waals surface area contributed by atoms with Gasteiger partial charge in [-0.25, -0.2) is 0 Å². The highest BCUT2D eigenvalue weighted by atomic mass is 16.2. The Bertz CT molecular complexity index is 610. The van der Waals surface area contributed by atoms with Crippen LogP contribution in [0.5, 0.6) is 0 Å². The van der Waals surface area contributed by atoms with Crippen molar-refractivity contribution < 1.29 is 4.79 Å². The van der Waals surface area contributed by atoms with Gasteiger partial charge >= 0.3 is 0 Å². The first kappa shape index (κ1) is 14.8. The Morgan fingerprint density at radius 3 is 2.81 bits per heavy atom. The van der Waals surface area contributed by atoms with Crippen molar-refractivity contribution >= 4 is 11.6 Å². The molecule has 0 saturated carbocycles. The van der Waals surface area contributed by atoms with Crippen LogP contribution in [-0.4, -0.2) is 29.4 Å². The van der Waals surface area contributed by atoms with Crippen molar-refractivity contribution in [3.8, 4) is 0 Å². The van der Waals surface area contributed by atoms with Gasteiger partial charge in [0.05, 0.1) is 0 Å². The maximum absolute atomic E-state index is 12.4. The molecule has 1 heterocycles. The van der Waals surface area contributed by atoms with E-state index in [0.717, 1.165) is 11.3 Å². The molecule has 0 aliphatic rings. The van der Waals surface area contributed by atoms with E-state index in [1.165, 1.54) is 0 Å². The molecule has 0 unspecified atom stereocenters. The van der Waals surface area contributed by atoms with E-state index in [1.54, 1.807) is 30.3 Å². The van der Waals surface area contributed by atoms with Gasteiger partial charge in [-0.1, -0.05) is 36.4 Å². The van der Waals surface area contributed by atoms with Crippen LogP contribution in [0.25, 0.3) is 0 Å². The van der Waals surface area contributed by atoms with Gasteiger partial charge in [-0.3, -0.25) is 9.78 Å². The maximum atomic E-state index is 12.4. The number of carbonyl (C=O) groups is 1. The highest BCUT2D eigenvalue weighted by Crippen LogP contribution is 2.11. The van der Waals surface area contributed by atoms with E-state index in [0.29, 0.717) is 18.8 Å². The summed E-state index contributed by atoms with van der Waals surface area (Å²) in [7, 11) is 1.78. The number of hydrogen-bond acceptors (Lipinski definition) is 3. The average Bonchev–Trinajstić information content (AvgIpc) is 2.53. The molecule has 1 aromatic carbocycles. The number of hydrogen-bond donors (Lipinski definition) is 1. The molecule has 108 valence electrons. The minimum absolute atomic E-state index is 0.0962. The second-order valence-corrected chi connectivity index (χ2v) is 4.75. The van der Waals surface area contributed by atoms with Gasteiger partial charge in [0.1, 0.15) is 5.69 Å².